The third-order valence-corrected chi connectivity index (χ3v) is 2.88. The molecule has 0 bridgehead atoms. The molecule has 0 fully saturated rings. The number of benzene rings is 1. The van der Waals surface area contributed by atoms with Gasteiger partial charge in [0, 0.05) is 19.8 Å². The Hall–Kier alpha value is -2.24. The van der Waals surface area contributed by atoms with Crippen LogP contribution in [0.3, 0.4) is 0 Å². The predicted octanol–water partition coefficient (Wildman–Crippen LogP) is 2.79. The number of hydrogen-bond acceptors (Lipinski definition) is 4. The number of nitrogens with one attached hydrogen (secondary N) is 1. The van der Waals surface area contributed by atoms with Crippen molar-refractivity contribution in [2.45, 2.75) is 38.8 Å². The molecule has 6 heteroatoms. The number of rotatable bonds is 5. The van der Waals surface area contributed by atoms with Crippen molar-refractivity contribution < 1.29 is 19.4 Å². The number of aliphatic carboxylic acids is 1. The first-order valence-corrected chi connectivity index (χ1v) is 7.07. The van der Waals surface area contributed by atoms with Crippen LogP contribution in [0, 0.1) is 0 Å². The minimum atomic E-state index is -0.988. The third kappa shape index (κ3) is 6.03. The molecule has 1 aromatic carbocycles. The third-order valence-electron chi connectivity index (χ3n) is 2.88. The normalized spacial score (nSPS) is 12.4. The van der Waals surface area contributed by atoms with E-state index in [1.807, 2.05) is 31.1 Å². The fourth-order valence-electron chi connectivity index (χ4n) is 1.88. The summed E-state index contributed by atoms with van der Waals surface area (Å²) in [6, 6.07) is 6.73. The molecular formula is C16H24N2O4. The number of carboxylic acids is 1. The Kier molecular flexibility index (Phi) is 5.79. The maximum Gasteiger partial charge on any atom is 0.408 e. The molecule has 0 aliphatic rings. The molecule has 1 rings (SSSR count). The maximum atomic E-state index is 11.9. The first kappa shape index (κ1) is 17.8. The van der Waals surface area contributed by atoms with Gasteiger partial charge in [0.1, 0.15) is 5.60 Å². The maximum absolute atomic E-state index is 11.9. The molecule has 0 unspecified atom stereocenters. The van der Waals surface area contributed by atoms with E-state index in [-0.39, 0.29) is 6.42 Å². The zero-order valence-corrected chi connectivity index (χ0v) is 13.7. The van der Waals surface area contributed by atoms with Crippen molar-refractivity contribution in [2.75, 3.05) is 19.0 Å². The summed E-state index contributed by atoms with van der Waals surface area (Å²) in [5.74, 6) is -0.988. The topological polar surface area (TPSA) is 78.9 Å². The number of alkyl carbamates (subject to hydrolysis) is 1. The number of ether oxygens (including phenoxy) is 1. The van der Waals surface area contributed by atoms with Gasteiger partial charge in [-0.05, 0) is 38.5 Å². The molecule has 0 saturated heterocycles. The lowest BCUT2D eigenvalue weighted by atomic mass is 10.0. The van der Waals surface area contributed by atoms with Crippen LogP contribution >= 0.6 is 0 Å². The molecule has 1 aromatic rings. The number of carbonyl (C=O) groups is 2. The van der Waals surface area contributed by atoms with E-state index >= 15 is 0 Å². The van der Waals surface area contributed by atoms with Gasteiger partial charge in [-0.25, -0.2) is 4.79 Å². The Bertz CT molecular complexity index is 518. The quantitative estimate of drug-likeness (QED) is 0.874. The molecule has 0 spiro atoms. The van der Waals surface area contributed by atoms with Gasteiger partial charge in [-0.1, -0.05) is 12.1 Å². The van der Waals surface area contributed by atoms with Gasteiger partial charge in [0.25, 0.3) is 0 Å². The number of amides is 1. The summed E-state index contributed by atoms with van der Waals surface area (Å²) in [4.78, 5) is 24.8. The van der Waals surface area contributed by atoms with Crippen molar-refractivity contribution >= 4 is 17.7 Å². The van der Waals surface area contributed by atoms with E-state index in [2.05, 4.69) is 5.32 Å². The highest BCUT2D eigenvalue weighted by Gasteiger charge is 2.22. The van der Waals surface area contributed by atoms with Crippen molar-refractivity contribution in [2.24, 2.45) is 0 Å². The minimum Gasteiger partial charge on any atom is -0.481 e. The smallest absolute Gasteiger partial charge is 0.408 e. The summed E-state index contributed by atoms with van der Waals surface area (Å²) in [5.41, 5.74) is 1.08. The molecule has 0 aliphatic carbocycles. The first-order chi connectivity index (χ1) is 10.1. The van der Waals surface area contributed by atoms with Gasteiger partial charge in [-0.2, -0.15) is 0 Å². The molecule has 122 valence electrons. The van der Waals surface area contributed by atoms with E-state index in [0.717, 1.165) is 11.3 Å². The Morgan fingerprint density at radius 2 is 1.77 bits per heavy atom. The van der Waals surface area contributed by atoms with Crippen LogP contribution in [-0.2, 0) is 9.53 Å². The number of carbonyl (C=O) groups excluding carboxylic acids is 1. The van der Waals surface area contributed by atoms with Crippen LogP contribution in [0.5, 0.6) is 0 Å². The van der Waals surface area contributed by atoms with Crippen LogP contribution in [-0.4, -0.2) is 36.9 Å². The lowest BCUT2D eigenvalue weighted by molar-refractivity contribution is -0.137. The first-order valence-electron chi connectivity index (χ1n) is 7.07. The summed E-state index contributed by atoms with van der Waals surface area (Å²) in [6.07, 6.45) is -0.837. The molecule has 22 heavy (non-hydrogen) atoms. The molecule has 0 aliphatic heterocycles. The number of nitrogens with zero attached hydrogens (tertiary/aromatic N) is 1. The van der Waals surface area contributed by atoms with Gasteiger partial charge < -0.3 is 20.1 Å². The minimum absolute atomic E-state index is 0.208. The summed E-state index contributed by atoms with van der Waals surface area (Å²) >= 11 is 0. The fraction of sp³-hybridized carbons (Fsp3) is 0.500. The van der Waals surface area contributed by atoms with Crippen LogP contribution in [0.2, 0.25) is 0 Å². The van der Waals surface area contributed by atoms with E-state index in [4.69, 9.17) is 9.84 Å². The van der Waals surface area contributed by atoms with E-state index in [9.17, 15) is 9.59 Å². The van der Waals surface area contributed by atoms with Crippen molar-refractivity contribution in [1.82, 2.24) is 5.32 Å². The Balaban J connectivity index is 2.88. The molecule has 0 heterocycles. The highest BCUT2D eigenvalue weighted by molar-refractivity contribution is 5.72. The Morgan fingerprint density at radius 1 is 1.23 bits per heavy atom. The second-order valence-corrected chi connectivity index (χ2v) is 6.28. The largest absolute Gasteiger partial charge is 0.481 e. The van der Waals surface area contributed by atoms with E-state index in [1.165, 1.54) is 0 Å². The number of carboxylic acid groups (broad SMARTS) is 1. The van der Waals surface area contributed by atoms with Gasteiger partial charge in [-0.15, -0.1) is 0 Å². The Labute approximate surface area is 131 Å². The van der Waals surface area contributed by atoms with Crippen molar-refractivity contribution in [3.05, 3.63) is 29.8 Å². The second kappa shape index (κ2) is 7.15. The van der Waals surface area contributed by atoms with Crippen LogP contribution in [0.15, 0.2) is 24.3 Å². The highest BCUT2D eigenvalue weighted by Crippen LogP contribution is 2.21. The summed E-state index contributed by atoms with van der Waals surface area (Å²) in [6.45, 7) is 5.26. The molecule has 0 saturated carbocycles. The highest BCUT2D eigenvalue weighted by atomic mass is 16.6. The molecule has 0 radical (unpaired) electrons. The lowest BCUT2D eigenvalue weighted by Crippen LogP contribution is -2.35. The monoisotopic (exact) mass is 308 g/mol. The fourth-order valence-corrected chi connectivity index (χ4v) is 1.88. The zero-order chi connectivity index (χ0) is 16.9. The average Bonchev–Trinajstić information content (AvgIpc) is 2.35. The average molecular weight is 308 g/mol. The van der Waals surface area contributed by atoms with Crippen LogP contribution in [0.1, 0.15) is 38.8 Å². The molecule has 1 atom stereocenters. The van der Waals surface area contributed by atoms with E-state index in [0.29, 0.717) is 0 Å². The standard InChI is InChI=1S/C16H24N2O4/c1-16(2,3)22-15(21)17-13(10-14(19)20)11-6-8-12(9-7-11)18(4)5/h6-9,13H,10H2,1-5H3,(H,17,21)(H,19,20)/t13-/m0/s1. The van der Waals surface area contributed by atoms with Gasteiger partial charge >= 0.3 is 12.1 Å². The van der Waals surface area contributed by atoms with Gasteiger partial charge in [0.15, 0.2) is 0 Å². The molecule has 6 nitrogen and oxygen atoms in total. The molecule has 1 amide bonds. The summed E-state index contributed by atoms with van der Waals surface area (Å²) in [7, 11) is 3.84. The van der Waals surface area contributed by atoms with Gasteiger partial charge in [-0.3, -0.25) is 4.79 Å². The van der Waals surface area contributed by atoms with Gasteiger partial charge in [0.05, 0.1) is 12.5 Å². The predicted molar refractivity (Wildman–Crippen MR) is 85.1 cm³/mol. The van der Waals surface area contributed by atoms with E-state index in [1.54, 1.807) is 32.9 Å². The Morgan fingerprint density at radius 3 is 2.18 bits per heavy atom. The van der Waals surface area contributed by atoms with Crippen molar-refractivity contribution in [3.63, 3.8) is 0 Å². The lowest BCUT2D eigenvalue weighted by Gasteiger charge is -2.23. The van der Waals surface area contributed by atoms with Crippen molar-refractivity contribution in [3.8, 4) is 0 Å². The van der Waals surface area contributed by atoms with Crippen LogP contribution in [0.4, 0.5) is 10.5 Å². The SMILES string of the molecule is CN(C)c1ccc([C@H](CC(=O)O)NC(=O)OC(C)(C)C)cc1. The molecule has 0 aromatic heterocycles. The van der Waals surface area contributed by atoms with Crippen LogP contribution in [0.25, 0.3) is 0 Å². The van der Waals surface area contributed by atoms with Gasteiger partial charge in [0.2, 0.25) is 0 Å². The summed E-state index contributed by atoms with van der Waals surface area (Å²) in [5, 5.41) is 11.6. The molecular weight excluding hydrogens is 284 g/mol. The number of hydrogen-bond donors (Lipinski definition) is 2. The molecule has 2 N–H and O–H groups in total. The van der Waals surface area contributed by atoms with E-state index < -0.39 is 23.7 Å². The summed E-state index contributed by atoms with van der Waals surface area (Å²) < 4.78 is 5.18. The zero-order valence-electron chi connectivity index (χ0n) is 13.7. The number of anilines is 1. The van der Waals surface area contributed by atoms with Crippen LogP contribution < -0.4 is 10.2 Å². The van der Waals surface area contributed by atoms with Crippen molar-refractivity contribution in [1.29, 1.82) is 0 Å². The second-order valence-electron chi connectivity index (χ2n) is 6.28.